The predicted octanol–water partition coefficient (Wildman–Crippen LogP) is 3.14. The summed E-state index contributed by atoms with van der Waals surface area (Å²) in [5.41, 5.74) is 1.07. The van der Waals surface area contributed by atoms with Gasteiger partial charge in [0.2, 0.25) is 0 Å². The number of nitrogens with zero attached hydrogens (tertiary/aromatic N) is 1. The van der Waals surface area contributed by atoms with Crippen molar-refractivity contribution in [2.45, 2.75) is 32.1 Å². The molecule has 1 aromatic carbocycles. The summed E-state index contributed by atoms with van der Waals surface area (Å²) in [5.74, 6) is 0.221. The second-order valence-electron chi connectivity index (χ2n) is 6.69. The number of amides is 2. The van der Waals surface area contributed by atoms with Crippen LogP contribution in [0, 0.1) is 5.92 Å². The zero-order valence-electron chi connectivity index (χ0n) is 13.3. The molecule has 4 nitrogen and oxygen atoms in total. The summed E-state index contributed by atoms with van der Waals surface area (Å²) in [4.78, 5) is 14.1. The SMILES string of the molecule is CC(C)(CNC(=O)N1CCCC(CO)C1)c1ccc(Br)cc1. The second kappa shape index (κ2) is 7.47. The Morgan fingerprint density at radius 2 is 2.09 bits per heavy atom. The van der Waals surface area contributed by atoms with E-state index >= 15 is 0 Å². The first-order chi connectivity index (χ1) is 10.4. The minimum absolute atomic E-state index is 0.0247. The van der Waals surface area contributed by atoms with Gasteiger partial charge in [-0.3, -0.25) is 0 Å². The van der Waals surface area contributed by atoms with Gasteiger partial charge in [-0.2, -0.15) is 0 Å². The van der Waals surface area contributed by atoms with E-state index in [4.69, 9.17) is 0 Å². The largest absolute Gasteiger partial charge is 0.396 e. The quantitative estimate of drug-likeness (QED) is 0.857. The minimum Gasteiger partial charge on any atom is -0.396 e. The lowest BCUT2D eigenvalue weighted by atomic mass is 9.85. The zero-order valence-corrected chi connectivity index (χ0v) is 14.9. The van der Waals surface area contributed by atoms with Gasteiger partial charge in [0.1, 0.15) is 0 Å². The predicted molar refractivity (Wildman–Crippen MR) is 91.9 cm³/mol. The lowest BCUT2D eigenvalue weighted by Gasteiger charge is -2.33. The van der Waals surface area contributed by atoms with Crippen molar-refractivity contribution in [1.82, 2.24) is 10.2 Å². The van der Waals surface area contributed by atoms with E-state index in [1.165, 1.54) is 5.56 Å². The molecule has 1 aliphatic rings. The van der Waals surface area contributed by atoms with Crippen LogP contribution in [0.25, 0.3) is 0 Å². The van der Waals surface area contributed by atoms with Crippen LogP contribution < -0.4 is 5.32 Å². The number of halogens is 1. The van der Waals surface area contributed by atoms with Gasteiger partial charge in [-0.15, -0.1) is 0 Å². The molecular weight excluding hydrogens is 344 g/mol. The van der Waals surface area contributed by atoms with Crippen LogP contribution in [-0.4, -0.2) is 42.3 Å². The van der Waals surface area contributed by atoms with E-state index in [-0.39, 0.29) is 24.0 Å². The molecule has 1 heterocycles. The highest BCUT2D eigenvalue weighted by molar-refractivity contribution is 9.10. The molecule has 0 aliphatic carbocycles. The van der Waals surface area contributed by atoms with E-state index in [1.807, 2.05) is 17.0 Å². The summed E-state index contributed by atoms with van der Waals surface area (Å²) in [5, 5.41) is 12.3. The Balaban J connectivity index is 1.90. The van der Waals surface area contributed by atoms with Gasteiger partial charge in [0.05, 0.1) is 0 Å². The Bertz CT molecular complexity index is 502. The van der Waals surface area contributed by atoms with Gasteiger partial charge < -0.3 is 15.3 Å². The number of urea groups is 1. The molecule has 0 radical (unpaired) electrons. The highest BCUT2D eigenvalue weighted by Crippen LogP contribution is 2.24. The fraction of sp³-hybridized carbons (Fsp3) is 0.588. The summed E-state index contributed by atoms with van der Waals surface area (Å²) in [6, 6.07) is 8.19. The van der Waals surface area contributed by atoms with Crippen LogP contribution in [-0.2, 0) is 5.41 Å². The van der Waals surface area contributed by atoms with Crippen molar-refractivity contribution in [2.24, 2.45) is 5.92 Å². The molecule has 1 aromatic rings. The highest BCUT2D eigenvalue weighted by atomic mass is 79.9. The monoisotopic (exact) mass is 368 g/mol. The molecule has 1 fully saturated rings. The number of rotatable bonds is 4. The molecule has 0 spiro atoms. The fourth-order valence-corrected chi connectivity index (χ4v) is 3.07. The van der Waals surface area contributed by atoms with Gasteiger partial charge in [0.25, 0.3) is 0 Å². The molecule has 0 bridgehead atoms. The fourth-order valence-electron chi connectivity index (χ4n) is 2.81. The Labute approximate surface area is 141 Å². The molecule has 1 unspecified atom stereocenters. The van der Waals surface area contributed by atoms with Crippen molar-refractivity contribution >= 4 is 22.0 Å². The van der Waals surface area contributed by atoms with Crippen molar-refractivity contribution in [3.63, 3.8) is 0 Å². The van der Waals surface area contributed by atoms with E-state index < -0.39 is 0 Å². The van der Waals surface area contributed by atoms with Crippen molar-refractivity contribution in [3.8, 4) is 0 Å². The number of benzene rings is 1. The molecule has 22 heavy (non-hydrogen) atoms. The van der Waals surface area contributed by atoms with Crippen LogP contribution in [0.15, 0.2) is 28.7 Å². The average Bonchev–Trinajstić information content (AvgIpc) is 2.53. The number of hydrogen-bond acceptors (Lipinski definition) is 2. The highest BCUT2D eigenvalue weighted by Gasteiger charge is 2.26. The van der Waals surface area contributed by atoms with Crippen LogP contribution in [0.1, 0.15) is 32.3 Å². The molecule has 122 valence electrons. The molecule has 1 saturated heterocycles. The maximum Gasteiger partial charge on any atom is 0.317 e. The van der Waals surface area contributed by atoms with Crippen LogP contribution in [0.2, 0.25) is 0 Å². The number of aliphatic hydroxyl groups excluding tert-OH is 1. The van der Waals surface area contributed by atoms with Gasteiger partial charge in [-0.05, 0) is 36.5 Å². The first kappa shape index (κ1) is 17.3. The number of nitrogens with one attached hydrogen (secondary N) is 1. The summed E-state index contributed by atoms with van der Waals surface area (Å²) >= 11 is 3.44. The number of hydrogen-bond donors (Lipinski definition) is 2. The third-order valence-electron chi connectivity index (χ3n) is 4.37. The molecule has 2 amide bonds. The minimum atomic E-state index is -0.122. The second-order valence-corrected chi connectivity index (χ2v) is 7.60. The molecule has 2 N–H and O–H groups in total. The van der Waals surface area contributed by atoms with Crippen molar-refractivity contribution < 1.29 is 9.90 Å². The Morgan fingerprint density at radius 1 is 1.41 bits per heavy atom. The van der Waals surface area contributed by atoms with Crippen LogP contribution in [0.5, 0.6) is 0 Å². The maximum atomic E-state index is 12.3. The summed E-state index contributed by atoms with van der Waals surface area (Å²) in [6.45, 7) is 6.44. The lowest BCUT2D eigenvalue weighted by Crippen LogP contribution is -2.48. The lowest BCUT2D eigenvalue weighted by molar-refractivity contribution is 0.129. The normalized spacial score (nSPS) is 19.1. The average molecular weight is 369 g/mol. The molecule has 0 aromatic heterocycles. The molecule has 1 aliphatic heterocycles. The van der Waals surface area contributed by atoms with E-state index in [9.17, 15) is 9.90 Å². The molecular formula is C17H25BrN2O2. The van der Waals surface area contributed by atoms with Crippen molar-refractivity contribution in [1.29, 1.82) is 0 Å². The Morgan fingerprint density at radius 3 is 2.73 bits per heavy atom. The number of carbonyl (C=O) groups excluding carboxylic acids is 1. The number of likely N-dealkylation sites (tertiary alicyclic amines) is 1. The van der Waals surface area contributed by atoms with Crippen LogP contribution in [0.4, 0.5) is 4.79 Å². The number of carbonyl (C=O) groups is 1. The molecule has 1 atom stereocenters. The third kappa shape index (κ3) is 4.46. The van der Waals surface area contributed by atoms with Gasteiger partial charge in [0, 0.05) is 36.1 Å². The van der Waals surface area contributed by atoms with Gasteiger partial charge >= 0.3 is 6.03 Å². The summed E-state index contributed by atoms with van der Waals surface area (Å²) < 4.78 is 1.06. The molecule has 5 heteroatoms. The van der Waals surface area contributed by atoms with E-state index in [0.717, 1.165) is 23.9 Å². The first-order valence-corrected chi connectivity index (χ1v) is 8.61. The number of piperidine rings is 1. The summed E-state index contributed by atoms with van der Waals surface area (Å²) in [7, 11) is 0. The standard InChI is InChI=1S/C17H25BrN2O2/c1-17(2,14-5-7-15(18)8-6-14)12-19-16(22)20-9-3-4-13(10-20)11-21/h5-8,13,21H,3-4,9-12H2,1-2H3,(H,19,22). The van der Waals surface area contributed by atoms with Gasteiger partial charge in [-0.25, -0.2) is 4.79 Å². The van der Waals surface area contributed by atoms with Crippen molar-refractivity contribution in [2.75, 3.05) is 26.2 Å². The number of aliphatic hydroxyl groups is 1. The van der Waals surface area contributed by atoms with Gasteiger partial charge in [-0.1, -0.05) is 41.9 Å². The Kier molecular flexibility index (Phi) is 5.87. The Hall–Kier alpha value is -1.07. The van der Waals surface area contributed by atoms with Crippen LogP contribution in [0.3, 0.4) is 0 Å². The molecule has 0 saturated carbocycles. The zero-order chi connectivity index (χ0) is 16.2. The van der Waals surface area contributed by atoms with Crippen molar-refractivity contribution in [3.05, 3.63) is 34.3 Å². The third-order valence-corrected chi connectivity index (χ3v) is 4.90. The van der Waals surface area contributed by atoms with Gasteiger partial charge in [0.15, 0.2) is 0 Å². The van der Waals surface area contributed by atoms with E-state index in [0.29, 0.717) is 13.1 Å². The van der Waals surface area contributed by atoms with E-state index in [1.54, 1.807) is 0 Å². The maximum absolute atomic E-state index is 12.3. The summed E-state index contributed by atoms with van der Waals surface area (Å²) in [6.07, 6.45) is 1.97. The topological polar surface area (TPSA) is 52.6 Å². The van der Waals surface area contributed by atoms with E-state index in [2.05, 4.69) is 47.2 Å². The molecule has 2 rings (SSSR count). The first-order valence-electron chi connectivity index (χ1n) is 7.82. The smallest absolute Gasteiger partial charge is 0.317 e. The van der Waals surface area contributed by atoms with Crippen LogP contribution >= 0.6 is 15.9 Å².